The Morgan fingerprint density at radius 1 is 0.492 bits per heavy atom. The van der Waals surface area contributed by atoms with Gasteiger partial charge in [-0.05, 0) is 64.2 Å². The number of ether oxygens (including phenoxy) is 2. The minimum absolute atomic E-state index is 0.0497. The number of esters is 1. The van der Waals surface area contributed by atoms with Crippen LogP contribution in [0.5, 0.6) is 0 Å². The van der Waals surface area contributed by atoms with Gasteiger partial charge in [-0.15, -0.1) is 0 Å². The summed E-state index contributed by atoms with van der Waals surface area (Å²) in [6.07, 6.45) is 52.8. The highest BCUT2D eigenvalue weighted by molar-refractivity contribution is 7.47. The molecule has 362 valence electrons. The highest BCUT2D eigenvalue weighted by Gasteiger charge is 2.26. The lowest BCUT2D eigenvalue weighted by Gasteiger charge is -2.20. The average Bonchev–Trinajstić information content (AvgIpc) is 3.25. The van der Waals surface area contributed by atoms with Crippen molar-refractivity contribution in [2.24, 2.45) is 0 Å². The van der Waals surface area contributed by atoms with Gasteiger partial charge in [-0.2, -0.15) is 0 Å². The molecule has 0 aliphatic carbocycles. The van der Waals surface area contributed by atoms with Gasteiger partial charge in [0.1, 0.15) is 12.2 Å². The Balaban J connectivity index is 4.06. The number of carbonyl (C=O) groups excluding carboxylic acids is 1. The first-order chi connectivity index (χ1) is 29.8. The molecule has 0 bridgehead atoms. The van der Waals surface area contributed by atoms with Crippen molar-refractivity contribution in [3.63, 3.8) is 0 Å². The summed E-state index contributed by atoms with van der Waals surface area (Å²) in [6, 6.07) is 0. The number of aliphatic hydroxyl groups is 2. The fraction of sp³-hybridized carbons (Fsp3) is 0.902. The number of hydrogen-bond acceptors (Lipinski definition) is 8. The number of unbranched alkanes of at least 4 members (excludes halogenated alkanes) is 32. The van der Waals surface area contributed by atoms with Crippen LogP contribution in [-0.2, 0) is 27.9 Å². The van der Waals surface area contributed by atoms with E-state index >= 15 is 0 Å². The summed E-state index contributed by atoms with van der Waals surface area (Å²) in [5.41, 5.74) is 0. The van der Waals surface area contributed by atoms with Crippen LogP contribution in [0.4, 0.5) is 0 Å². The topological polar surface area (TPSA) is 132 Å². The van der Waals surface area contributed by atoms with Crippen LogP contribution in [0.3, 0.4) is 0 Å². The van der Waals surface area contributed by atoms with Crippen LogP contribution >= 0.6 is 7.82 Å². The lowest BCUT2D eigenvalue weighted by Crippen LogP contribution is -2.29. The van der Waals surface area contributed by atoms with Crippen molar-refractivity contribution in [1.29, 1.82) is 0 Å². The molecule has 0 saturated heterocycles. The second-order valence-electron chi connectivity index (χ2n) is 17.5. The predicted octanol–water partition coefficient (Wildman–Crippen LogP) is 15.0. The lowest BCUT2D eigenvalue weighted by atomic mass is 10.1. The van der Waals surface area contributed by atoms with Gasteiger partial charge in [-0.1, -0.05) is 205 Å². The number of rotatable bonds is 50. The summed E-state index contributed by atoms with van der Waals surface area (Å²) in [7, 11) is -4.52. The van der Waals surface area contributed by atoms with Crippen molar-refractivity contribution >= 4 is 13.8 Å². The molecule has 0 aromatic carbocycles. The molecular formula is C51H99O9P. The van der Waals surface area contributed by atoms with Crippen molar-refractivity contribution in [2.75, 3.05) is 33.0 Å². The molecule has 0 amide bonds. The van der Waals surface area contributed by atoms with E-state index in [1.807, 2.05) is 0 Å². The smallest absolute Gasteiger partial charge is 0.457 e. The number of phosphoric acid groups is 1. The Kier molecular flexibility index (Phi) is 47.6. The maximum absolute atomic E-state index is 12.7. The second kappa shape index (κ2) is 48.4. The average molecular weight is 887 g/mol. The van der Waals surface area contributed by atoms with Gasteiger partial charge in [-0.25, -0.2) is 4.57 Å². The summed E-state index contributed by atoms with van der Waals surface area (Å²) in [5.74, 6) is -0.382. The first kappa shape index (κ1) is 59.9. The van der Waals surface area contributed by atoms with Crippen LogP contribution in [0.25, 0.3) is 0 Å². The van der Waals surface area contributed by atoms with E-state index in [1.54, 1.807) is 0 Å². The van der Waals surface area contributed by atoms with Gasteiger partial charge in [0.05, 0.1) is 26.4 Å². The molecule has 0 aromatic rings. The van der Waals surface area contributed by atoms with Crippen molar-refractivity contribution in [1.82, 2.24) is 0 Å². The van der Waals surface area contributed by atoms with Crippen molar-refractivity contribution in [2.45, 2.75) is 264 Å². The zero-order valence-corrected chi connectivity index (χ0v) is 40.8. The molecule has 0 heterocycles. The number of allylic oxidation sites excluding steroid dienone is 4. The third-order valence-electron chi connectivity index (χ3n) is 11.4. The standard InChI is InChI=1S/C51H99O9P/c1-3-5-7-9-11-13-15-17-19-21-23-24-25-27-29-31-33-35-37-39-41-43-51(54)60-50(48-59-61(55,56)58-46-49(53)45-52)47-57-44-42-40-38-36-34-32-30-28-26-22-20-18-16-14-12-10-8-6-4-2/h20-23,49-50,52-53H,3-19,24-48H2,1-2H3,(H,55,56)/b22-20-,23-21-. The van der Waals surface area contributed by atoms with E-state index < -0.39 is 33.2 Å². The molecule has 10 heteroatoms. The summed E-state index contributed by atoms with van der Waals surface area (Å²) in [5, 5.41) is 18.4. The zero-order chi connectivity index (χ0) is 44.6. The number of aliphatic hydroxyl groups excluding tert-OH is 2. The highest BCUT2D eigenvalue weighted by atomic mass is 31.2. The van der Waals surface area contributed by atoms with E-state index in [9.17, 15) is 19.4 Å². The second-order valence-corrected chi connectivity index (χ2v) is 19.0. The maximum atomic E-state index is 12.7. The molecule has 0 rings (SSSR count). The Labute approximate surface area is 376 Å². The van der Waals surface area contributed by atoms with E-state index in [1.165, 1.54) is 193 Å². The van der Waals surface area contributed by atoms with E-state index in [-0.39, 0.29) is 25.6 Å². The quantitative estimate of drug-likeness (QED) is 0.0236. The molecule has 3 unspecified atom stereocenters. The third-order valence-corrected chi connectivity index (χ3v) is 12.3. The van der Waals surface area contributed by atoms with E-state index in [2.05, 4.69) is 38.2 Å². The normalized spacial score (nSPS) is 14.0. The third kappa shape index (κ3) is 48.2. The van der Waals surface area contributed by atoms with Crippen molar-refractivity contribution in [3.05, 3.63) is 24.3 Å². The minimum Gasteiger partial charge on any atom is -0.457 e. The van der Waals surface area contributed by atoms with Crippen LogP contribution in [0.15, 0.2) is 24.3 Å². The minimum atomic E-state index is -4.52. The van der Waals surface area contributed by atoms with Crippen LogP contribution in [0.1, 0.15) is 251 Å². The van der Waals surface area contributed by atoms with E-state index in [0.29, 0.717) is 6.61 Å². The predicted molar refractivity (Wildman–Crippen MR) is 256 cm³/mol. The van der Waals surface area contributed by atoms with Gasteiger partial charge in [0.15, 0.2) is 0 Å². The fourth-order valence-electron chi connectivity index (χ4n) is 7.41. The van der Waals surface area contributed by atoms with Crippen LogP contribution in [0, 0.1) is 0 Å². The molecule has 9 nitrogen and oxygen atoms in total. The molecule has 0 saturated carbocycles. The molecule has 3 atom stereocenters. The molecule has 61 heavy (non-hydrogen) atoms. The summed E-state index contributed by atoms with van der Waals surface area (Å²) in [6.45, 7) is 3.56. The number of phosphoric ester groups is 1. The van der Waals surface area contributed by atoms with Gasteiger partial charge in [-0.3, -0.25) is 13.8 Å². The Morgan fingerprint density at radius 2 is 0.836 bits per heavy atom. The van der Waals surface area contributed by atoms with Crippen molar-refractivity contribution in [3.8, 4) is 0 Å². The van der Waals surface area contributed by atoms with Gasteiger partial charge in [0, 0.05) is 13.0 Å². The lowest BCUT2D eigenvalue weighted by molar-refractivity contribution is -0.154. The molecule has 0 aliphatic rings. The highest BCUT2D eigenvalue weighted by Crippen LogP contribution is 2.43. The monoisotopic (exact) mass is 887 g/mol. The fourth-order valence-corrected chi connectivity index (χ4v) is 8.20. The number of hydrogen-bond donors (Lipinski definition) is 3. The van der Waals surface area contributed by atoms with Crippen LogP contribution < -0.4 is 0 Å². The summed E-state index contributed by atoms with van der Waals surface area (Å²) >= 11 is 0. The van der Waals surface area contributed by atoms with E-state index in [4.69, 9.17) is 23.6 Å². The molecule has 0 fully saturated rings. The first-order valence-corrected chi connectivity index (χ1v) is 27.3. The molecule has 0 spiro atoms. The zero-order valence-electron chi connectivity index (χ0n) is 39.9. The summed E-state index contributed by atoms with van der Waals surface area (Å²) in [4.78, 5) is 22.7. The van der Waals surface area contributed by atoms with Crippen LogP contribution in [0.2, 0.25) is 0 Å². The van der Waals surface area contributed by atoms with Gasteiger partial charge in [0.2, 0.25) is 0 Å². The molecule has 0 aliphatic heterocycles. The molecule has 0 radical (unpaired) electrons. The molecule has 3 N–H and O–H groups in total. The van der Waals surface area contributed by atoms with E-state index in [0.717, 1.165) is 38.5 Å². The molecular weight excluding hydrogens is 788 g/mol. The first-order valence-electron chi connectivity index (χ1n) is 25.8. The number of carbonyl (C=O) groups is 1. The SMILES string of the molecule is CCCCCCCCC/C=C\CCCCCCCCCCOCC(COP(=O)(O)OCC(O)CO)OC(=O)CCCCCCCCCCC/C=C\CCCCCCCCCC. The molecule has 0 aromatic heterocycles. The largest absolute Gasteiger partial charge is 0.472 e. The van der Waals surface area contributed by atoms with Gasteiger partial charge >= 0.3 is 13.8 Å². The van der Waals surface area contributed by atoms with Gasteiger partial charge < -0.3 is 24.6 Å². The maximum Gasteiger partial charge on any atom is 0.472 e. The Hall–Kier alpha value is -1.06. The van der Waals surface area contributed by atoms with Gasteiger partial charge in [0.25, 0.3) is 0 Å². The Morgan fingerprint density at radius 3 is 1.23 bits per heavy atom. The Bertz CT molecular complexity index is 1010. The van der Waals surface area contributed by atoms with Crippen molar-refractivity contribution < 1.29 is 43.0 Å². The summed E-state index contributed by atoms with van der Waals surface area (Å²) < 4.78 is 33.5. The van der Waals surface area contributed by atoms with Crippen LogP contribution in [-0.4, -0.2) is 66.3 Å².